The Hall–Kier alpha value is -4.30. The van der Waals surface area contributed by atoms with Gasteiger partial charge in [-0.05, 0) is 29.3 Å². The van der Waals surface area contributed by atoms with Crippen LogP contribution in [0, 0.1) is 0 Å². The number of aliphatic hydroxyl groups is 3. The van der Waals surface area contributed by atoms with E-state index in [1.54, 1.807) is 13.3 Å². The number of H-pyrrole nitrogens is 2. The molecule has 5 aromatic rings. The van der Waals surface area contributed by atoms with Crippen molar-refractivity contribution in [3.8, 4) is 28.4 Å². The Bertz CT molecular complexity index is 1530. The fourth-order valence-corrected chi connectivity index (χ4v) is 4.55. The Labute approximate surface area is 216 Å². The van der Waals surface area contributed by atoms with E-state index in [1.807, 2.05) is 42.7 Å². The van der Waals surface area contributed by atoms with Gasteiger partial charge in [0.25, 0.3) is 0 Å². The van der Waals surface area contributed by atoms with E-state index in [2.05, 4.69) is 25.5 Å². The Kier molecular flexibility index (Phi) is 6.25. The molecule has 1 aromatic carbocycles. The Morgan fingerprint density at radius 2 is 1.95 bits per heavy atom. The lowest BCUT2D eigenvalue weighted by molar-refractivity contribution is -0.0511. The van der Waals surface area contributed by atoms with Gasteiger partial charge in [-0.15, -0.1) is 0 Å². The fourth-order valence-electron chi connectivity index (χ4n) is 4.55. The molecule has 4 aromatic heterocycles. The molecular formula is C25H26N8O5. The van der Waals surface area contributed by atoms with E-state index < -0.39 is 31.1 Å². The molecule has 0 bridgehead atoms. The maximum atomic E-state index is 10.7. The standard InChI is InChI=1S/C25H26N8O5/c1-37-15-4-2-14(3-5-15)16-10-29-32-18(16)23-30-22(27-9-13-6-7-26-8-13)19-24(31-23)33(12-28-19)25-21(36)20(35)17(11-34)38-25/h2-8,10,12,17,20-21,25-26,34-36H,9,11H2,1H3,(H,29,32)(H,27,30,31)/t17-,20-,21-,25-/m1/s1. The number of anilines is 1. The molecule has 5 heterocycles. The van der Waals surface area contributed by atoms with Gasteiger partial charge < -0.3 is 35.1 Å². The molecule has 1 saturated heterocycles. The summed E-state index contributed by atoms with van der Waals surface area (Å²) in [7, 11) is 1.61. The van der Waals surface area contributed by atoms with Crippen LogP contribution in [0.4, 0.5) is 5.82 Å². The third-order valence-corrected chi connectivity index (χ3v) is 6.59. The van der Waals surface area contributed by atoms with E-state index in [9.17, 15) is 15.3 Å². The number of hydrogen-bond donors (Lipinski definition) is 6. The van der Waals surface area contributed by atoms with Gasteiger partial charge in [0.05, 0.1) is 20.0 Å². The number of methoxy groups -OCH3 is 1. The Morgan fingerprint density at radius 3 is 2.66 bits per heavy atom. The van der Waals surface area contributed by atoms with E-state index in [4.69, 9.17) is 19.4 Å². The lowest BCUT2D eigenvalue weighted by Crippen LogP contribution is -2.33. The van der Waals surface area contributed by atoms with Crippen LogP contribution in [-0.2, 0) is 11.3 Å². The molecule has 0 amide bonds. The molecule has 0 unspecified atom stereocenters. The summed E-state index contributed by atoms with van der Waals surface area (Å²) < 4.78 is 12.6. The quantitative estimate of drug-likeness (QED) is 0.176. The summed E-state index contributed by atoms with van der Waals surface area (Å²) >= 11 is 0. The van der Waals surface area contributed by atoms with Gasteiger partial charge in [-0.2, -0.15) is 5.10 Å². The summed E-state index contributed by atoms with van der Waals surface area (Å²) in [6, 6.07) is 9.49. The molecule has 38 heavy (non-hydrogen) atoms. The summed E-state index contributed by atoms with van der Waals surface area (Å²) in [5.41, 5.74) is 4.00. The first-order chi connectivity index (χ1) is 18.6. The van der Waals surface area contributed by atoms with Crippen molar-refractivity contribution < 1.29 is 24.8 Å². The number of aromatic amines is 2. The summed E-state index contributed by atoms with van der Waals surface area (Å²) in [6.07, 6.45) is 2.45. The topological polar surface area (TPSA) is 179 Å². The second-order valence-electron chi connectivity index (χ2n) is 8.90. The summed E-state index contributed by atoms with van der Waals surface area (Å²) in [6.45, 7) is 0.0330. The van der Waals surface area contributed by atoms with E-state index in [-0.39, 0.29) is 0 Å². The van der Waals surface area contributed by atoms with Gasteiger partial charge in [0.1, 0.15) is 29.8 Å². The minimum atomic E-state index is -1.29. The van der Waals surface area contributed by atoms with Crippen molar-refractivity contribution in [3.05, 3.63) is 60.8 Å². The molecule has 0 saturated carbocycles. The average Bonchev–Trinajstić information content (AvgIpc) is 3.75. The summed E-state index contributed by atoms with van der Waals surface area (Å²) in [5.74, 6) is 1.50. The first-order valence-corrected chi connectivity index (χ1v) is 12.0. The largest absolute Gasteiger partial charge is 0.497 e. The van der Waals surface area contributed by atoms with Gasteiger partial charge in [-0.3, -0.25) is 9.67 Å². The second kappa shape index (κ2) is 9.87. The highest BCUT2D eigenvalue weighted by molar-refractivity contribution is 5.87. The molecule has 1 fully saturated rings. The van der Waals surface area contributed by atoms with Crippen LogP contribution in [0.3, 0.4) is 0 Å². The monoisotopic (exact) mass is 518 g/mol. The number of imidazole rings is 1. The minimum Gasteiger partial charge on any atom is -0.497 e. The van der Waals surface area contributed by atoms with Crippen LogP contribution in [0.2, 0.25) is 0 Å². The first kappa shape index (κ1) is 24.1. The van der Waals surface area contributed by atoms with Crippen molar-refractivity contribution in [1.29, 1.82) is 0 Å². The number of hydrogen-bond acceptors (Lipinski definition) is 10. The number of rotatable bonds is 8. The molecular weight excluding hydrogens is 492 g/mol. The molecule has 0 spiro atoms. The number of aromatic nitrogens is 7. The van der Waals surface area contributed by atoms with Crippen molar-refractivity contribution in [3.63, 3.8) is 0 Å². The van der Waals surface area contributed by atoms with Crippen molar-refractivity contribution in [2.24, 2.45) is 0 Å². The number of ether oxygens (including phenoxy) is 2. The number of nitrogens with zero attached hydrogens (tertiary/aromatic N) is 5. The summed E-state index contributed by atoms with van der Waals surface area (Å²) in [4.78, 5) is 17.0. The van der Waals surface area contributed by atoms with E-state index in [0.29, 0.717) is 35.0 Å². The highest BCUT2D eigenvalue weighted by Gasteiger charge is 2.44. The smallest absolute Gasteiger partial charge is 0.184 e. The lowest BCUT2D eigenvalue weighted by atomic mass is 10.1. The minimum absolute atomic E-state index is 0.314. The second-order valence-corrected chi connectivity index (χ2v) is 8.90. The van der Waals surface area contributed by atoms with Gasteiger partial charge in [0.2, 0.25) is 0 Å². The van der Waals surface area contributed by atoms with Crippen molar-refractivity contribution in [2.45, 2.75) is 31.1 Å². The van der Waals surface area contributed by atoms with Gasteiger partial charge in [0, 0.05) is 30.7 Å². The van der Waals surface area contributed by atoms with Gasteiger partial charge in [-0.1, -0.05) is 12.1 Å². The highest BCUT2D eigenvalue weighted by Crippen LogP contribution is 2.35. The van der Waals surface area contributed by atoms with Gasteiger partial charge >= 0.3 is 0 Å². The molecule has 1 aliphatic heterocycles. The molecule has 6 rings (SSSR count). The molecule has 13 heteroatoms. The molecule has 0 aliphatic carbocycles. The van der Waals surface area contributed by atoms with Crippen molar-refractivity contribution >= 4 is 17.0 Å². The number of nitrogens with one attached hydrogen (secondary N) is 3. The van der Waals surface area contributed by atoms with Crippen LogP contribution in [0.5, 0.6) is 5.75 Å². The Morgan fingerprint density at radius 1 is 1.11 bits per heavy atom. The number of benzene rings is 1. The van der Waals surface area contributed by atoms with Crippen LogP contribution in [0.15, 0.2) is 55.2 Å². The zero-order valence-electron chi connectivity index (χ0n) is 20.3. The van der Waals surface area contributed by atoms with Crippen LogP contribution >= 0.6 is 0 Å². The maximum absolute atomic E-state index is 10.7. The average molecular weight is 519 g/mol. The number of fused-ring (bicyclic) bond motifs is 1. The number of aliphatic hydroxyl groups excluding tert-OH is 3. The third kappa shape index (κ3) is 4.16. The van der Waals surface area contributed by atoms with E-state index in [1.165, 1.54) is 10.9 Å². The molecule has 6 N–H and O–H groups in total. The molecule has 13 nitrogen and oxygen atoms in total. The van der Waals surface area contributed by atoms with Crippen LogP contribution in [0.1, 0.15) is 11.8 Å². The molecule has 0 radical (unpaired) electrons. The molecule has 4 atom stereocenters. The van der Waals surface area contributed by atoms with Crippen LogP contribution in [0.25, 0.3) is 33.8 Å². The first-order valence-electron chi connectivity index (χ1n) is 12.0. The predicted molar refractivity (Wildman–Crippen MR) is 136 cm³/mol. The predicted octanol–water partition coefficient (Wildman–Crippen LogP) is 1.44. The van der Waals surface area contributed by atoms with Crippen molar-refractivity contribution in [1.82, 2.24) is 34.7 Å². The van der Waals surface area contributed by atoms with Crippen LogP contribution < -0.4 is 10.1 Å². The van der Waals surface area contributed by atoms with Gasteiger partial charge in [0.15, 0.2) is 29.0 Å². The van der Waals surface area contributed by atoms with E-state index in [0.717, 1.165) is 22.4 Å². The molecule has 1 aliphatic rings. The zero-order chi connectivity index (χ0) is 26.2. The van der Waals surface area contributed by atoms with Crippen LogP contribution in [-0.4, -0.2) is 82.0 Å². The SMILES string of the molecule is COc1ccc(-c2c[nH]nc2-c2nc(NCc3cc[nH]c3)c3ncn([C@@H]4O[C@H](CO)[C@@H](O)[C@H]4O)c3n2)cc1. The third-order valence-electron chi connectivity index (χ3n) is 6.59. The van der Waals surface area contributed by atoms with Crippen molar-refractivity contribution in [2.75, 3.05) is 19.0 Å². The normalized spacial score (nSPS) is 21.3. The Balaban J connectivity index is 1.46. The highest BCUT2D eigenvalue weighted by atomic mass is 16.6. The molecule has 196 valence electrons. The summed E-state index contributed by atoms with van der Waals surface area (Å²) in [5, 5.41) is 41.2. The van der Waals surface area contributed by atoms with E-state index >= 15 is 0 Å². The zero-order valence-corrected chi connectivity index (χ0v) is 20.3. The maximum Gasteiger partial charge on any atom is 0.184 e. The van der Waals surface area contributed by atoms with Gasteiger partial charge in [-0.25, -0.2) is 15.0 Å². The lowest BCUT2D eigenvalue weighted by Gasteiger charge is -2.17. The fraction of sp³-hybridized carbons (Fsp3) is 0.280.